The molecule has 1 atom stereocenters. The summed E-state index contributed by atoms with van der Waals surface area (Å²) in [5, 5.41) is 3.60. The first-order chi connectivity index (χ1) is 17.0. The van der Waals surface area contributed by atoms with Crippen molar-refractivity contribution in [3.8, 4) is 0 Å². The van der Waals surface area contributed by atoms with Crippen LogP contribution in [0.25, 0.3) is 0 Å². The highest BCUT2D eigenvalue weighted by molar-refractivity contribution is 5.94. The average Bonchev–Trinajstić information content (AvgIpc) is 3.12. The van der Waals surface area contributed by atoms with Crippen LogP contribution in [0.1, 0.15) is 34.3 Å². The van der Waals surface area contributed by atoms with E-state index in [0.29, 0.717) is 38.9 Å². The molecule has 0 unspecified atom stereocenters. The van der Waals surface area contributed by atoms with E-state index in [0.717, 1.165) is 17.2 Å². The van der Waals surface area contributed by atoms with E-state index in [1.54, 1.807) is 4.90 Å². The average molecular weight is 476 g/mol. The molecular weight excluding hydrogens is 448 g/mol. The summed E-state index contributed by atoms with van der Waals surface area (Å²) < 4.78 is 27.9. The highest BCUT2D eigenvalue weighted by atomic mass is 19.2. The number of halogens is 2. The van der Waals surface area contributed by atoms with E-state index in [4.69, 9.17) is 0 Å². The molecule has 2 heterocycles. The number of carbonyl (C=O) groups is 2. The van der Waals surface area contributed by atoms with Gasteiger partial charge < -0.3 is 9.80 Å². The van der Waals surface area contributed by atoms with Gasteiger partial charge >= 0.3 is 0 Å². The van der Waals surface area contributed by atoms with Gasteiger partial charge in [0, 0.05) is 32.5 Å². The summed E-state index contributed by atoms with van der Waals surface area (Å²) in [5.74, 6) is -2.66. The molecule has 0 saturated carbocycles. The molecule has 5 nitrogen and oxygen atoms in total. The summed E-state index contributed by atoms with van der Waals surface area (Å²) in [6.07, 6.45) is 1.57. The SMILES string of the molecule is O=C(c1cccc(F)c1F)N1CCC2(CC1)N[C@@H](Cc1ccccc1)C(=O)N2Cc1ccccc1. The quantitative estimate of drug-likeness (QED) is 0.604. The highest BCUT2D eigenvalue weighted by Gasteiger charge is 2.51. The van der Waals surface area contributed by atoms with Gasteiger partial charge in [0.1, 0.15) is 0 Å². The molecule has 1 N–H and O–H groups in total. The van der Waals surface area contributed by atoms with E-state index >= 15 is 0 Å². The first-order valence-electron chi connectivity index (χ1n) is 11.9. The Morgan fingerprint density at radius 2 is 1.51 bits per heavy atom. The van der Waals surface area contributed by atoms with E-state index in [1.807, 2.05) is 65.6 Å². The van der Waals surface area contributed by atoms with Crippen LogP contribution < -0.4 is 5.32 Å². The van der Waals surface area contributed by atoms with Crippen molar-refractivity contribution in [2.45, 2.75) is 37.5 Å². The first-order valence-corrected chi connectivity index (χ1v) is 11.9. The molecule has 2 saturated heterocycles. The number of hydrogen-bond donors (Lipinski definition) is 1. The van der Waals surface area contributed by atoms with Gasteiger partial charge in [0.2, 0.25) is 5.91 Å². The van der Waals surface area contributed by atoms with Gasteiger partial charge in [-0.2, -0.15) is 0 Å². The smallest absolute Gasteiger partial charge is 0.256 e. The molecule has 7 heteroatoms. The van der Waals surface area contributed by atoms with Gasteiger partial charge in [-0.25, -0.2) is 8.78 Å². The van der Waals surface area contributed by atoms with Crippen LogP contribution in [-0.4, -0.2) is 46.4 Å². The lowest BCUT2D eigenvalue weighted by molar-refractivity contribution is -0.134. The molecule has 2 amide bonds. The molecule has 1 spiro atoms. The second kappa shape index (κ2) is 9.58. The third kappa shape index (κ3) is 4.56. The standard InChI is InChI=1S/C28H27F2N3O2/c29-23-13-7-12-22(25(23)30)26(34)32-16-14-28(15-17-32)31-24(18-20-8-3-1-4-9-20)27(35)33(28)19-21-10-5-2-6-11-21/h1-13,24,31H,14-19H2/t24-/m0/s1. The fraction of sp³-hybridized carbons (Fsp3) is 0.286. The number of hydrogen-bond acceptors (Lipinski definition) is 3. The fourth-order valence-electron chi connectivity index (χ4n) is 5.18. The third-order valence-electron chi connectivity index (χ3n) is 7.05. The first kappa shape index (κ1) is 23.2. The van der Waals surface area contributed by atoms with E-state index in [9.17, 15) is 18.4 Å². The Kier molecular flexibility index (Phi) is 6.34. The number of likely N-dealkylation sites (tertiary alicyclic amines) is 1. The van der Waals surface area contributed by atoms with Crippen LogP contribution in [0.4, 0.5) is 8.78 Å². The number of benzene rings is 3. The normalized spacial score (nSPS) is 19.4. The Labute approximate surface area is 203 Å². The summed E-state index contributed by atoms with van der Waals surface area (Å²) in [7, 11) is 0. The number of piperidine rings is 1. The topological polar surface area (TPSA) is 52.7 Å². The molecule has 5 rings (SSSR count). The predicted octanol–water partition coefficient (Wildman–Crippen LogP) is 4.14. The van der Waals surface area contributed by atoms with Gasteiger partial charge in [-0.15, -0.1) is 0 Å². The van der Waals surface area contributed by atoms with Crippen molar-refractivity contribution < 1.29 is 18.4 Å². The van der Waals surface area contributed by atoms with Crippen molar-refractivity contribution in [3.63, 3.8) is 0 Å². The number of nitrogens with one attached hydrogen (secondary N) is 1. The summed E-state index contributed by atoms with van der Waals surface area (Å²) in [6, 6.07) is 23.0. The van der Waals surface area contributed by atoms with Gasteiger partial charge in [-0.05, 0) is 29.7 Å². The third-order valence-corrected chi connectivity index (χ3v) is 7.05. The number of nitrogens with zero attached hydrogens (tertiary/aromatic N) is 2. The summed E-state index contributed by atoms with van der Waals surface area (Å²) in [4.78, 5) is 30.0. The molecule has 2 aliphatic rings. The summed E-state index contributed by atoms with van der Waals surface area (Å²) in [6.45, 7) is 1.13. The lowest BCUT2D eigenvalue weighted by atomic mass is 9.94. The van der Waals surface area contributed by atoms with Gasteiger partial charge in [-0.1, -0.05) is 66.7 Å². The minimum Gasteiger partial charge on any atom is -0.338 e. The molecule has 3 aromatic rings. The Bertz CT molecular complexity index is 1210. The zero-order valence-electron chi connectivity index (χ0n) is 19.3. The Hall–Kier alpha value is -3.58. The van der Waals surface area contributed by atoms with Crippen LogP contribution in [0.2, 0.25) is 0 Å². The molecule has 3 aromatic carbocycles. The molecule has 0 radical (unpaired) electrons. The zero-order valence-corrected chi connectivity index (χ0v) is 19.3. The minimum atomic E-state index is -1.12. The lowest BCUT2D eigenvalue weighted by Crippen LogP contribution is -2.59. The second-order valence-electron chi connectivity index (χ2n) is 9.22. The van der Waals surface area contributed by atoms with Crippen LogP contribution in [-0.2, 0) is 17.8 Å². The van der Waals surface area contributed by atoms with Crippen molar-refractivity contribution in [2.75, 3.05) is 13.1 Å². The molecule has 0 aliphatic carbocycles. The maximum atomic E-state index is 14.2. The van der Waals surface area contributed by atoms with Crippen LogP contribution >= 0.6 is 0 Å². The summed E-state index contributed by atoms with van der Waals surface area (Å²) >= 11 is 0. The zero-order chi connectivity index (χ0) is 24.4. The summed E-state index contributed by atoms with van der Waals surface area (Å²) in [5.41, 5.74) is 1.23. The molecule has 180 valence electrons. The fourth-order valence-corrected chi connectivity index (χ4v) is 5.18. The van der Waals surface area contributed by atoms with Crippen LogP contribution in [0, 0.1) is 11.6 Å². The number of rotatable bonds is 5. The van der Waals surface area contributed by atoms with E-state index < -0.39 is 23.2 Å². The van der Waals surface area contributed by atoms with Crippen LogP contribution in [0.15, 0.2) is 78.9 Å². The van der Waals surface area contributed by atoms with Crippen molar-refractivity contribution in [3.05, 3.63) is 107 Å². The van der Waals surface area contributed by atoms with Crippen LogP contribution in [0.5, 0.6) is 0 Å². The highest BCUT2D eigenvalue weighted by Crippen LogP contribution is 2.35. The Morgan fingerprint density at radius 1 is 0.886 bits per heavy atom. The van der Waals surface area contributed by atoms with Crippen molar-refractivity contribution in [1.82, 2.24) is 15.1 Å². The number of amides is 2. The van der Waals surface area contributed by atoms with Gasteiger partial charge in [0.15, 0.2) is 11.6 Å². The van der Waals surface area contributed by atoms with E-state index in [2.05, 4.69) is 5.32 Å². The van der Waals surface area contributed by atoms with Crippen molar-refractivity contribution in [1.29, 1.82) is 0 Å². The van der Waals surface area contributed by atoms with E-state index in [1.165, 1.54) is 12.1 Å². The van der Waals surface area contributed by atoms with Gasteiger partial charge in [0.05, 0.1) is 17.3 Å². The lowest BCUT2D eigenvalue weighted by Gasteiger charge is -2.44. The monoisotopic (exact) mass is 475 g/mol. The van der Waals surface area contributed by atoms with Gasteiger partial charge in [0.25, 0.3) is 5.91 Å². The molecule has 0 bridgehead atoms. The van der Waals surface area contributed by atoms with E-state index in [-0.39, 0.29) is 17.5 Å². The van der Waals surface area contributed by atoms with Crippen molar-refractivity contribution >= 4 is 11.8 Å². The van der Waals surface area contributed by atoms with Crippen LogP contribution in [0.3, 0.4) is 0 Å². The maximum absolute atomic E-state index is 14.2. The Morgan fingerprint density at radius 3 is 2.17 bits per heavy atom. The molecule has 0 aromatic heterocycles. The number of carbonyl (C=O) groups excluding carboxylic acids is 2. The molecule has 2 fully saturated rings. The Balaban J connectivity index is 1.37. The second-order valence-corrected chi connectivity index (χ2v) is 9.22. The molecular formula is C28H27F2N3O2. The van der Waals surface area contributed by atoms with Crippen molar-refractivity contribution in [2.24, 2.45) is 0 Å². The maximum Gasteiger partial charge on any atom is 0.256 e. The molecule has 2 aliphatic heterocycles. The largest absolute Gasteiger partial charge is 0.338 e. The minimum absolute atomic E-state index is 0.0358. The van der Waals surface area contributed by atoms with Gasteiger partial charge in [-0.3, -0.25) is 14.9 Å². The molecule has 35 heavy (non-hydrogen) atoms. The predicted molar refractivity (Wildman–Crippen MR) is 128 cm³/mol.